The maximum Gasteiger partial charge on any atom is 0.309 e. The van der Waals surface area contributed by atoms with Crippen molar-refractivity contribution in [1.29, 1.82) is 0 Å². The molecule has 1 fully saturated rings. The molecule has 1 saturated heterocycles. The Morgan fingerprint density at radius 1 is 1.18 bits per heavy atom. The Kier molecular flexibility index (Phi) is 11.5. The molecule has 7 heteroatoms. The van der Waals surface area contributed by atoms with Crippen molar-refractivity contribution < 1.29 is 24.2 Å². The van der Waals surface area contributed by atoms with Crippen molar-refractivity contribution in [3.8, 4) is 0 Å². The molecule has 4 atom stereocenters. The van der Waals surface area contributed by atoms with E-state index in [4.69, 9.17) is 9.84 Å². The van der Waals surface area contributed by atoms with Crippen LogP contribution in [0.5, 0.6) is 0 Å². The molecule has 186 valence electrons. The molecule has 1 heterocycles. The van der Waals surface area contributed by atoms with Gasteiger partial charge in [-0.2, -0.15) is 0 Å². The highest BCUT2D eigenvalue weighted by atomic mass is 16.5. The fraction of sp³-hybridized carbons (Fsp3) is 0.519. The van der Waals surface area contributed by atoms with E-state index in [-0.39, 0.29) is 55.4 Å². The van der Waals surface area contributed by atoms with Crippen LogP contribution >= 0.6 is 0 Å². The fourth-order valence-electron chi connectivity index (χ4n) is 4.27. The summed E-state index contributed by atoms with van der Waals surface area (Å²) in [6.45, 7) is 9.74. The molecule has 2 rings (SSSR count). The smallest absolute Gasteiger partial charge is 0.309 e. The van der Waals surface area contributed by atoms with Gasteiger partial charge in [0.05, 0.1) is 24.5 Å². The van der Waals surface area contributed by atoms with Crippen LogP contribution < -0.4 is 5.32 Å². The fourth-order valence-corrected chi connectivity index (χ4v) is 4.27. The largest absolute Gasteiger partial charge is 0.463 e. The number of likely N-dealkylation sites (tertiary alicyclic amines) is 1. The van der Waals surface area contributed by atoms with Gasteiger partial charge in [0.2, 0.25) is 11.8 Å². The Balaban J connectivity index is 1.97. The van der Waals surface area contributed by atoms with Gasteiger partial charge < -0.3 is 20.1 Å². The molecule has 2 amide bonds. The van der Waals surface area contributed by atoms with Gasteiger partial charge in [-0.1, -0.05) is 42.5 Å². The summed E-state index contributed by atoms with van der Waals surface area (Å²) < 4.78 is 5.67. The molecule has 2 N–H and O–H groups in total. The lowest BCUT2D eigenvalue weighted by atomic mass is 9.96. The van der Waals surface area contributed by atoms with Gasteiger partial charge in [-0.15, -0.1) is 13.2 Å². The lowest BCUT2D eigenvalue weighted by Gasteiger charge is -2.29. The van der Waals surface area contributed by atoms with E-state index in [2.05, 4.69) is 18.5 Å². The minimum atomic E-state index is -0.536. The van der Waals surface area contributed by atoms with Gasteiger partial charge >= 0.3 is 5.97 Å². The molecular weight excluding hydrogens is 432 g/mol. The highest BCUT2D eigenvalue weighted by molar-refractivity contribution is 5.86. The second kappa shape index (κ2) is 14.4. The number of esters is 1. The van der Waals surface area contributed by atoms with Crippen LogP contribution in [0.4, 0.5) is 0 Å². The number of ether oxygens (including phenoxy) is 1. The first-order valence-electron chi connectivity index (χ1n) is 12.0. The molecule has 7 nitrogen and oxygen atoms in total. The van der Waals surface area contributed by atoms with Crippen LogP contribution in [0, 0.1) is 11.8 Å². The Hall–Kier alpha value is -2.93. The summed E-state index contributed by atoms with van der Waals surface area (Å²) in [5.41, 5.74) is 1.06. The van der Waals surface area contributed by atoms with Crippen LogP contribution in [0.1, 0.15) is 44.6 Å². The van der Waals surface area contributed by atoms with Gasteiger partial charge in [-0.05, 0) is 44.6 Å². The summed E-state index contributed by atoms with van der Waals surface area (Å²) in [6, 6.07) is 9.22. The average molecular weight is 471 g/mol. The molecule has 1 aliphatic heterocycles. The molecule has 1 aliphatic rings. The molecule has 0 aromatic heterocycles. The number of carbonyl (C=O) groups is 3. The molecule has 0 unspecified atom stereocenters. The van der Waals surface area contributed by atoms with Crippen LogP contribution in [0.15, 0.2) is 55.6 Å². The maximum atomic E-state index is 13.3. The van der Waals surface area contributed by atoms with E-state index in [1.807, 2.05) is 30.3 Å². The number of nitrogens with zero attached hydrogens (tertiary/aromatic N) is 1. The Morgan fingerprint density at radius 3 is 2.50 bits per heavy atom. The SMILES string of the molecule is C=CC[C@@H](Cc1ccccc1)C(=O)OC[C@@H]1CCCN1C(=O)[C@H](CC=C)CC(=O)N[C@H](C)CO. The molecule has 1 aromatic carbocycles. The predicted octanol–water partition coefficient (Wildman–Crippen LogP) is 3.04. The Bertz CT molecular complexity index is 826. The molecule has 0 saturated carbocycles. The monoisotopic (exact) mass is 470 g/mol. The van der Waals surface area contributed by atoms with E-state index in [9.17, 15) is 14.4 Å². The molecule has 0 spiro atoms. The number of aliphatic hydroxyl groups excluding tert-OH is 1. The summed E-state index contributed by atoms with van der Waals surface area (Å²) in [5.74, 6) is -1.56. The molecule has 34 heavy (non-hydrogen) atoms. The zero-order chi connectivity index (χ0) is 24.9. The van der Waals surface area contributed by atoms with E-state index in [1.54, 1.807) is 24.0 Å². The van der Waals surface area contributed by atoms with Gasteiger partial charge in [0.1, 0.15) is 6.61 Å². The van der Waals surface area contributed by atoms with Gasteiger partial charge in [0.15, 0.2) is 0 Å². The molecular formula is C27H38N2O5. The first kappa shape index (κ1) is 27.3. The van der Waals surface area contributed by atoms with Crippen molar-refractivity contribution >= 4 is 17.8 Å². The second-order valence-corrected chi connectivity index (χ2v) is 8.95. The molecule has 1 aromatic rings. The number of hydrogen-bond donors (Lipinski definition) is 2. The van der Waals surface area contributed by atoms with E-state index in [1.165, 1.54) is 0 Å². The van der Waals surface area contributed by atoms with Crippen molar-refractivity contribution in [2.45, 2.75) is 57.5 Å². The third-order valence-corrected chi connectivity index (χ3v) is 6.10. The van der Waals surface area contributed by atoms with Gasteiger partial charge in [0, 0.05) is 19.0 Å². The quantitative estimate of drug-likeness (QED) is 0.322. The normalized spacial score (nSPS) is 17.9. The zero-order valence-electron chi connectivity index (χ0n) is 20.2. The van der Waals surface area contributed by atoms with Crippen LogP contribution in [0.3, 0.4) is 0 Å². The maximum absolute atomic E-state index is 13.3. The third kappa shape index (κ3) is 8.45. The number of carbonyl (C=O) groups excluding carboxylic acids is 3. The van der Waals surface area contributed by atoms with Crippen molar-refractivity contribution in [3.05, 3.63) is 61.2 Å². The lowest BCUT2D eigenvalue weighted by Crippen LogP contribution is -2.44. The lowest BCUT2D eigenvalue weighted by molar-refractivity contribution is -0.152. The summed E-state index contributed by atoms with van der Waals surface area (Å²) in [6.07, 6.45) is 6.42. The number of rotatable bonds is 14. The summed E-state index contributed by atoms with van der Waals surface area (Å²) in [4.78, 5) is 40.1. The first-order chi connectivity index (χ1) is 16.4. The number of amides is 2. The van der Waals surface area contributed by atoms with Crippen LogP contribution in [0.2, 0.25) is 0 Å². The number of benzene rings is 1. The standard InChI is InChI=1S/C27H38N2O5/c1-4-10-22(17-25(31)28-20(3)18-30)26(32)29-15-9-14-24(29)19-34-27(33)23(11-5-2)16-21-12-7-6-8-13-21/h4-8,12-13,20,22-24,30H,1-2,9-11,14-19H2,3H3,(H,28,31)/t20-,22-,23+,24+/m1/s1. The van der Waals surface area contributed by atoms with E-state index in [0.717, 1.165) is 18.4 Å². The topological polar surface area (TPSA) is 95.9 Å². The summed E-state index contributed by atoms with van der Waals surface area (Å²) in [5, 5.41) is 11.8. The molecule has 0 radical (unpaired) electrons. The number of allylic oxidation sites excluding steroid dienone is 2. The van der Waals surface area contributed by atoms with Crippen molar-refractivity contribution in [1.82, 2.24) is 10.2 Å². The second-order valence-electron chi connectivity index (χ2n) is 8.95. The van der Waals surface area contributed by atoms with Crippen LogP contribution in [0.25, 0.3) is 0 Å². The molecule has 0 bridgehead atoms. The van der Waals surface area contributed by atoms with Crippen LogP contribution in [-0.4, -0.2) is 59.6 Å². The van der Waals surface area contributed by atoms with E-state index < -0.39 is 5.92 Å². The summed E-state index contributed by atoms with van der Waals surface area (Å²) in [7, 11) is 0. The minimum Gasteiger partial charge on any atom is -0.463 e. The highest BCUT2D eigenvalue weighted by Crippen LogP contribution is 2.24. The van der Waals surface area contributed by atoms with Crippen molar-refractivity contribution in [3.63, 3.8) is 0 Å². The first-order valence-corrected chi connectivity index (χ1v) is 12.0. The van der Waals surface area contributed by atoms with E-state index >= 15 is 0 Å². The third-order valence-electron chi connectivity index (χ3n) is 6.10. The van der Waals surface area contributed by atoms with Crippen LogP contribution in [-0.2, 0) is 25.5 Å². The Morgan fingerprint density at radius 2 is 1.85 bits per heavy atom. The summed E-state index contributed by atoms with van der Waals surface area (Å²) >= 11 is 0. The Labute approximate surface area is 202 Å². The average Bonchev–Trinajstić information content (AvgIpc) is 3.30. The zero-order valence-corrected chi connectivity index (χ0v) is 20.2. The number of aliphatic hydroxyl groups is 1. The van der Waals surface area contributed by atoms with Crippen molar-refractivity contribution in [2.24, 2.45) is 11.8 Å². The predicted molar refractivity (Wildman–Crippen MR) is 132 cm³/mol. The van der Waals surface area contributed by atoms with Gasteiger partial charge in [-0.3, -0.25) is 14.4 Å². The molecule has 0 aliphatic carbocycles. The number of nitrogens with one attached hydrogen (secondary N) is 1. The minimum absolute atomic E-state index is 0.0245. The van der Waals surface area contributed by atoms with Crippen molar-refractivity contribution in [2.75, 3.05) is 19.8 Å². The number of hydrogen-bond acceptors (Lipinski definition) is 5. The van der Waals surface area contributed by atoms with E-state index in [0.29, 0.717) is 25.8 Å². The highest BCUT2D eigenvalue weighted by Gasteiger charge is 2.34. The van der Waals surface area contributed by atoms with Gasteiger partial charge in [-0.25, -0.2) is 0 Å². The van der Waals surface area contributed by atoms with Gasteiger partial charge in [0.25, 0.3) is 0 Å².